The number of hydrogen-bond donors (Lipinski definition) is 2. The molecule has 1 fully saturated rings. The van der Waals surface area contributed by atoms with Gasteiger partial charge in [0.2, 0.25) is 5.91 Å². The summed E-state index contributed by atoms with van der Waals surface area (Å²) in [7, 11) is 0. The van der Waals surface area contributed by atoms with Crippen LogP contribution in [0.3, 0.4) is 0 Å². The van der Waals surface area contributed by atoms with Crippen LogP contribution in [0.5, 0.6) is 0 Å². The zero-order chi connectivity index (χ0) is 23.0. The molecule has 0 saturated carbocycles. The summed E-state index contributed by atoms with van der Waals surface area (Å²) >= 11 is 0. The fraction of sp³-hybridized carbons (Fsp3) is 0.375. The van der Waals surface area contributed by atoms with Gasteiger partial charge >= 0.3 is 12.1 Å². The zero-order valence-electron chi connectivity index (χ0n) is 18.2. The predicted octanol–water partition coefficient (Wildman–Crippen LogP) is 2.96. The van der Waals surface area contributed by atoms with Crippen molar-refractivity contribution in [3.8, 4) is 11.1 Å². The Hall–Kier alpha value is -3.39. The molecule has 0 aromatic heterocycles. The highest BCUT2D eigenvalue weighted by Gasteiger charge is 2.51. The number of carbonyl (C=O) groups excluding carboxylic acids is 2. The lowest BCUT2D eigenvalue weighted by Gasteiger charge is -2.32. The molecule has 0 radical (unpaired) electrons. The van der Waals surface area contributed by atoms with E-state index in [9.17, 15) is 19.5 Å². The van der Waals surface area contributed by atoms with Crippen molar-refractivity contribution >= 4 is 18.0 Å². The lowest BCUT2D eigenvalue weighted by molar-refractivity contribution is -0.154. The number of nitrogens with zero attached hydrogens (tertiary/aromatic N) is 1. The van der Waals surface area contributed by atoms with Crippen molar-refractivity contribution in [3.05, 3.63) is 59.7 Å². The number of nitrogens with one attached hydrogen (secondary N) is 1. The van der Waals surface area contributed by atoms with Gasteiger partial charge in [-0.3, -0.25) is 9.69 Å². The van der Waals surface area contributed by atoms with Gasteiger partial charge in [-0.1, -0.05) is 48.5 Å². The summed E-state index contributed by atoms with van der Waals surface area (Å²) in [5.74, 6) is -1.80. The lowest BCUT2D eigenvalue weighted by Crippen LogP contribution is -2.54. The van der Waals surface area contributed by atoms with Crippen LogP contribution in [0.4, 0.5) is 4.79 Å². The lowest BCUT2D eigenvalue weighted by atomic mass is 9.98. The summed E-state index contributed by atoms with van der Waals surface area (Å²) in [6.45, 7) is 4.59. The summed E-state index contributed by atoms with van der Waals surface area (Å²) in [5.41, 5.74) is 3.33. The summed E-state index contributed by atoms with van der Waals surface area (Å²) in [5, 5.41) is 11.9. The van der Waals surface area contributed by atoms with E-state index in [1.165, 1.54) is 0 Å². The van der Waals surface area contributed by atoms with E-state index in [1.54, 1.807) is 20.8 Å². The number of carboxylic acids is 1. The standard InChI is InChI=1S/C24H26N2O6/c1-14-21(22(28)29)26(24(2,3)32-14)20(27)12-25-23(30)31-13-19-17-10-6-4-8-15(17)16-9-5-7-11-18(16)19/h4-11,14,19,21H,12-13H2,1-3H3,(H,25,30)(H,28,29)/t14?,21-/m0/s1. The molecule has 2 aromatic carbocycles. The van der Waals surface area contributed by atoms with Crippen LogP contribution in [-0.2, 0) is 19.1 Å². The number of carboxylic acid groups (broad SMARTS) is 1. The number of aliphatic carboxylic acids is 1. The number of hydrogen-bond acceptors (Lipinski definition) is 5. The highest BCUT2D eigenvalue weighted by atomic mass is 16.6. The number of amides is 2. The average molecular weight is 438 g/mol. The third-order valence-corrected chi connectivity index (χ3v) is 6.03. The Morgan fingerprint density at radius 3 is 2.19 bits per heavy atom. The van der Waals surface area contributed by atoms with E-state index >= 15 is 0 Å². The van der Waals surface area contributed by atoms with E-state index in [-0.39, 0.29) is 19.1 Å². The van der Waals surface area contributed by atoms with E-state index in [2.05, 4.69) is 5.32 Å². The van der Waals surface area contributed by atoms with Crippen molar-refractivity contribution in [1.82, 2.24) is 10.2 Å². The minimum atomic E-state index is -1.16. The first-order chi connectivity index (χ1) is 15.2. The number of alkyl carbamates (subject to hydrolysis) is 1. The Morgan fingerprint density at radius 1 is 1.06 bits per heavy atom. The molecule has 8 nitrogen and oxygen atoms in total. The smallest absolute Gasteiger partial charge is 0.407 e. The average Bonchev–Trinajstić information content (AvgIpc) is 3.20. The first kappa shape index (κ1) is 21.8. The zero-order valence-corrected chi connectivity index (χ0v) is 18.2. The van der Waals surface area contributed by atoms with Gasteiger partial charge in [-0.2, -0.15) is 0 Å². The van der Waals surface area contributed by atoms with Gasteiger partial charge in [0.05, 0.1) is 6.10 Å². The SMILES string of the molecule is CC1OC(C)(C)N(C(=O)CNC(=O)OCC2c3ccccc3-c3ccccc32)[C@@H]1C(=O)O. The molecule has 2 aromatic rings. The van der Waals surface area contributed by atoms with Crippen LogP contribution in [0.2, 0.25) is 0 Å². The number of rotatable bonds is 5. The fourth-order valence-corrected chi connectivity index (χ4v) is 4.77. The molecule has 1 aliphatic heterocycles. The molecule has 1 aliphatic carbocycles. The van der Waals surface area contributed by atoms with Gasteiger partial charge < -0.3 is 19.9 Å². The molecule has 2 amide bonds. The Bertz CT molecular complexity index is 1020. The number of benzene rings is 2. The minimum absolute atomic E-state index is 0.0907. The quantitative estimate of drug-likeness (QED) is 0.744. The van der Waals surface area contributed by atoms with E-state index < -0.39 is 35.8 Å². The molecule has 0 bridgehead atoms. The number of fused-ring (bicyclic) bond motifs is 3. The van der Waals surface area contributed by atoms with Crippen molar-refractivity contribution < 1.29 is 29.0 Å². The van der Waals surface area contributed by atoms with Crippen LogP contribution in [0.1, 0.15) is 37.8 Å². The summed E-state index contributed by atoms with van der Waals surface area (Å²) in [4.78, 5) is 37.8. The fourth-order valence-electron chi connectivity index (χ4n) is 4.77. The van der Waals surface area contributed by atoms with Crippen LogP contribution >= 0.6 is 0 Å². The highest BCUT2D eigenvalue weighted by Crippen LogP contribution is 2.44. The second kappa shape index (κ2) is 8.27. The molecule has 2 atom stereocenters. The van der Waals surface area contributed by atoms with Gasteiger partial charge in [0, 0.05) is 5.92 Å². The van der Waals surface area contributed by atoms with Crippen LogP contribution < -0.4 is 5.32 Å². The molecular weight excluding hydrogens is 412 g/mol. The van der Waals surface area contributed by atoms with Crippen molar-refractivity contribution in [2.24, 2.45) is 0 Å². The summed E-state index contributed by atoms with van der Waals surface area (Å²) in [6, 6.07) is 14.9. The van der Waals surface area contributed by atoms with E-state index in [1.807, 2.05) is 48.5 Å². The van der Waals surface area contributed by atoms with Gasteiger partial charge in [-0.05, 0) is 43.0 Å². The Morgan fingerprint density at radius 2 is 1.62 bits per heavy atom. The van der Waals surface area contributed by atoms with Crippen LogP contribution in [0.25, 0.3) is 11.1 Å². The van der Waals surface area contributed by atoms with Gasteiger partial charge in [0.25, 0.3) is 0 Å². The Kier molecular flexibility index (Phi) is 5.64. The summed E-state index contributed by atoms with van der Waals surface area (Å²) < 4.78 is 11.1. The topological polar surface area (TPSA) is 105 Å². The largest absolute Gasteiger partial charge is 0.480 e. The van der Waals surface area contributed by atoms with Crippen LogP contribution in [0.15, 0.2) is 48.5 Å². The van der Waals surface area contributed by atoms with E-state index in [0.717, 1.165) is 27.2 Å². The van der Waals surface area contributed by atoms with Gasteiger partial charge in [-0.15, -0.1) is 0 Å². The third-order valence-electron chi connectivity index (χ3n) is 6.03. The molecule has 8 heteroatoms. The maximum Gasteiger partial charge on any atom is 0.407 e. The van der Waals surface area contributed by atoms with Gasteiger partial charge in [0.1, 0.15) is 18.9 Å². The minimum Gasteiger partial charge on any atom is -0.480 e. The Balaban J connectivity index is 1.38. The van der Waals surface area contributed by atoms with Crippen molar-refractivity contribution in [1.29, 1.82) is 0 Å². The van der Waals surface area contributed by atoms with Gasteiger partial charge in [-0.25, -0.2) is 9.59 Å². The first-order valence-corrected chi connectivity index (χ1v) is 10.5. The Labute approximate surface area is 186 Å². The summed E-state index contributed by atoms with van der Waals surface area (Å²) in [6.07, 6.45) is -1.40. The molecule has 0 spiro atoms. The molecule has 1 saturated heterocycles. The third kappa shape index (κ3) is 3.82. The monoisotopic (exact) mass is 438 g/mol. The van der Waals surface area contributed by atoms with Crippen molar-refractivity contribution in [2.75, 3.05) is 13.2 Å². The van der Waals surface area contributed by atoms with Crippen molar-refractivity contribution in [2.45, 2.75) is 44.6 Å². The van der Waals surface area contributed by atoms with E-state index in [4.69, 9.17) is 9.47 Å². The molecule has 2 aliphatic rings. The second-order valence-corrected chi connectivity index (χ2v) is 8.50. The molecule has 168 valence electrons. The van der Waals surface area contributed by atoms with Gasteiger partial charge in [0.15, 0.2) is 6.04 Å². The molecule has 32 heavy (non-hydrogen) atoms. The second-order valence-electron chi connectivity index (χ2n) is 8.50. The maximum absolute atomic E-state index is 12.7. The van der Waals surface area contributed by atoms with Crippen LogP contribution in [-0.4, -0.2) is 59.0 Å². The molecular formula is C24H26N2O6. The molecule has 4 rings (SSSR count). The number of carbonyl (C=O) groups is 3. The highest BCUT2D eigenvalue weighted by molar-refractivity contribution is 5.88. The predicted molar refractivity (Wildman–Crippen MR) is 116 cm³/mol. The maximum atomic E-state index is 12.7. The molecule has 1 unspecified atom stereocenters. The normalized spacial score (nSPS) is 21.0. The number of ether oxygens (including phenoxy) is 2. The molecule has 2 N–H and O–H groups in total. The molecule has 1 heterocycles. The first-order valence-electron chi connectivity index (χ1n) is 10.5. The van der Waals surface area contributed by atoms with Crippen LogP contribution in [0, 0.1) is 0 Å². The van der Waals surface area contributed by atoms with E-state index in [0.29, 0.717) is 0 Å². The van der Waals surface area contributed by atoms with Crippen molar-refractivity contribution in [3.63, 3.8) is 0 Å².